The second kappa shape index (κ2) is 8.80. The van der Waals surface area contributed by atoms with Crippen molar-refractivity contribution < 1.29 is 32.6 Å². The molecule has 5 nitrogen and oxygen atoms in total. The Morgan fingerprint density at radius 1 is 1.07 bits per heavy atom. The number of rotatable bonds is 6. The Kier molecular flexibility index (Phi) is 6.37. The van der Waals surface area contributed by atoms with Crippen LogP contribution in [0.15, 0.2) is 63.7 Å². The first-order chi connectivity index (χ1) is 14.1. The van der Waals surface area contributed by atoms with E-state index in [1.54, 1.807) is 24.3 Å². The summed E-state index contributed by atoms with van der Waals surface area (Å²) in [7, 11) is 0. The first-order valence-corrected chi connectivity index (χ1v) is 10.0. The van der Waals surface area contributed by atoms with E-state index < -0.39 is 12.3 Å². The molecule has 1 heterocycles. The third-order valence-electron chi connectivity index (χ3n) is 3.72. The lowest BCUT2D eigenvalue weighted by Gasteiger charge is -2.08. The Hall–Kier alpha value is -2.98. The summed E-state index contributed by atoms with van der Waals surface area (Å²) in [4.78, 5) is 23.8. The third-order valence-corrected chi connectivity index (χ3v) is 5.89. The van der Waals surface area contributed by atoms with Gasteiger partial charge in [-0.1, -0.05) is 30.0 Å². The maximum Gasteiger partial charge on any atom is 0.573 e. The fourth-order valence-electron chi connectivity index (χ4n) is 2.60. The number of carbonyl (C=O) groups excluding carboxylic acids is 1. The van der Waals surface area contributed by atoms with Crippen LogP contribution in [0.3, 0.4) is 0 Å². The highest BCUT2D eigenvalue weighted by Crippen LogP contribution is 2.44. The topological polar surface area (TPSA) is 75.6 Å². The van der Waals surface area contributed by atoms with Crippen LogP contribution in [0.5, 0.6) is 5.75 Å². The summed E-state index contributed by atoms with van der Waals surface area (Å²) >= 11 is 2.51. The third kappa shape index (κ3) is 5.55. The molecule has 2 N–H and O–H groups in total. The van der Waals surface area contributed by atoms with Crippen molar-refractivity contribution >= 4 is 40.0 Å². The van der Waals surface area contributed by atoms with Gasteiger partial charge in [-0.05, 0) is 42.0 Å². The summed E-state index contributed by atoms with van der Waals surface area (Å²) in [5.74, 6) is -1.73. The minimum Gasteiger partial charge on any atom is -0.478 e. The average Bonchev–Trinajstić information content (AvgIpc) is 3.03. The normalized spacial score (nSPS) is 11.2. The molecular formula is C20H14F3NO4S2. The molecule has 1 aromatic heterocycles. The number of benzene rings is 2. The van der Waals surface area contributed by atoms with E-state index in [2.05, 4.69) is 10.1 Å². The van der Waals surface area contributed by atoms with Crippen LogP contribution in [0, 0.1) is 0 Å². The van der Waals surface area contributed by atoms with Gasteiger partial charge in [0.05, 0.1) is 9.77 Å². The monoisotopic (exact) mass is 453 g/mol. The molecule has 3 aromatic rings. The molecule has 3 rings (SSSR count). The summed E-state index contributed by atoms with van der Waals surface area (Å²) in [5.41, 5.74) is 1.09. The molecule has 2 aromatic carbocycles. The van der Waals surface area contributed by atoms with Crippen molar-refractivity contribution in [2.24, 2.45) is 0 Å². The number of thiophene rings is 1. The van der Waals surface area contributed by atoms with Crippen molar-refractivity contribution in [3.05, 3.63) is 60.2 Å². The van der Waals surface area contributed by atoms with Crippen LogP contribution < -0.4 is 10.1 Å². The lowest BCUT2D eigenvalue weighted by Crippen LogP contribution is -2.16. The molecule has 0 spiro atoms. The molecule has 0 radical (unpaired) electrons. The van der Waals surface area contributed by atoms with E-state index in [-0.39, 0.29) is 17.2 Å². The van der Waals surface area contributed by atoms with Gasteiger partial charge in [0, 0.05) is 17.4 Å². The molecule has 10 heteroatoms. The van der Waals surface area contributed by atoms with E-state index in [0.717, 1.165) is 4.21 Å². The number of hydrogen-bond acceptors (Lipinski definition) is 5. The van der Waals surface area contributed by atoms with Gasteiger partial charge in [0.25, 0.3) is 0 Å². The summed E-state index contributed by atoms with van der Waals surface area (Å²) in [5, 5.41) is 12.7. The van der Waals surface area contributed by atoms with Crippen molar-refractivity contribution in [1.82, 2.24) is 0 Å². The quantitative estimate of drug-likeness (QED) is 0.470. The van der Waals surface area contributed by atoms with Gasteiger partial charge in [-0.3, -0.25) is 4.79 Å². The standard InChI is InChI=1S/C20H14F3NO4S2/c1-11(25)24-18-16(14-4-2-3-5-15(14)19(26)27)10-17(30-18)29-13-8-6-12(7-9-13)28-20(21,22)23/h2-10H,1H3,(H,24,25)(H,26,27). The molecule has 1 amide bonds. The fraction of sp³-hybridized carbons (Fsp3) is 0.100. The molecule has 0 aliphatic rings. The van der Waals surface area contributed by atoms with Gasteiger partial charge in [0.15, 0.2) is 0 Å². The highest BCUT2D eigenvalue weighted by Gasteiger charge is 2.31. The van der Waals surface area contributed by atoms with Crippen molar-refractivity contribution in [3.63, 3.8) is 0 Å². The number of alkyl halides is 3. The Bertz CT molecular complexity index is 1080. The molecule has 0 fully saturated rings. The van der Waals surface area contributed by atoms with Crippen molar-refractivity contribution in [2.75, 3.05) is 5.32 Å². The number of nitrogens with one attached hydrogen (secondary N) is 1. The average molecular weight is 453 g/mol. The highest BCUT2D eigenvalue weighted by atomic mass is 32.2. The summed E-state index contributed by atoms with van der Waals surface area (Å²) in [6.07, 6.45) is -4.76. The zero-order chi connectivity index (χ0) is 21.9. The molecule has 0 bridgehead atoms. The van der Waals surface area contributed by atoms with E-state index in [0.29, 0.717) is 21.0 Å². The van der Waals surface area contributed by atoms with Crippen molar-refractivity contribution in [1.29, 1.82) is 0 Å². The SMILES string of the molecule is CC(=O)Nc1sc(Sc2ccc(OC(F)(F)F)cc2)cc1-c1ccccc1C(=O)O. The number of carboxylic acid groups (broad SMARTS) is 1. The van der Waals surface area contributed by atoms with E-state index >= 15 is 0 Å². The fourth-order valence-corrected chi connectivity index (χ4v) is 4.84. The molecule has 0 atom stereocenters. The first kappa shape index (κ1) is 21.7. The van der Waals surface area contributed by atoms with Crippen LogP contribution in [0.4, 0.5) is 18.2 Å². The minimum atomic E-state index is -4.76. The molecule has 0 saturated carbocycles. The molecule has 0 aliphatic carbocycles. The molecular weight excluding hydrogens is 439 g/mol. The van der Waals surface area contributed by atoms with E-state index in [9.17, 15) is 27.9 Å². The number of anilines is 1. The number of aromatic carboxylic acids is 1. The Balaban J connectivity index is 1.92. The second-order valence-electron chi connectivity index (χ2n) is 5.96. The van der Waals surface area contributed by atoms with E-state index in [1.165, 1.54) is 60.4 Å². The van der Waals surface area contributed by atoms with Crippen LogP contribution in [0.25, 0.3) is 11.1 Å². The van der Waals surface area contributed by atoms with Crippen LogP contribution in [0.1, 0.15) is 17.3 Å². The van der Waals surface area contributed by atoms with Gasteiger partial charge in [-0.15, -0.1) is 24.5 Å². The van der Waals surface area contributed by atoms with E-state index in [1.807, 2.05) is 0 Å². The highest BCUT2D eigenvalue weighted by molar-refractivity contribution is 8.01. The van der Waals surface area contributed by atoms with Crippen LogP contribution in [0.2, 0.25) is 0 Å². The zero-order valence-electron chi connectivity index (χ0n) is 15.3. The summed E-state index contributed by atoms with van der Waals surface area (Å²) in [6.45, 7) is 1.35. The predicted octanol–water partition coefficient (Wildman–Crippen LogP) is 6.12. The van der Waals surface area contributed by atoms with Gasteiger partial charge in [-0.2, -0.15) is 0 Å². The lowest BCUT2D eigenvalue weighted by molar-refractivity contribution is -0.274. The van der Waals surface area contributed by atoms with Gasteiger partial charge < -0.3 is 15.2 Å². The lowest BCUT2D eigenvalue weighted by atomic mass is 10.0. The second-order valence-corrected chi connectivity index (χ2v) is 8.39. The van der Waals surface area contributed by atoms with Crippen LogP contribution >= 0.6 is 23.1 Å². The molecule has 30 heavy (non-hydrogen) atoms. The van der Waals surface area contributed by atoms with Crippen molar-refractivity contribution in [2.45, 2.75) is 22.4 Å². The van der Waals surface area contributed by atoms with Gasteiger partial charge >= 0.3 is 12.3 Å². The van der Waals surface area contributed by atoms with E-state index in [4.69, 9.17) is 0 Å². The molecule has 0 aliphatic heterocycles. The Labute approximate surface area is 177 Å². The maximum atomic E-state index is 12.3. The zero-order valence-corrected chi connectivity index (χ0v) is 17.0. The number of carboxylic acids is 1. The Morgan fingerprint density at radius 2 is 1.73 bits per heavy atom. The minimum absolute atomic E-state index is 0.0899. The largest absolute Gasteiger partial charge is 0.573 e. The predicted molar refractivity (Wildman–Crippen MR) is 108 cm³/mol. The molecule has 0 saturated heterocycles. The smallest absolute Gasteiger partial charge is 0.478 e. The van der Waals surface area contributed by atoms with Gasteiger partial charge in [0.2, 0.25) is 5.91 Å². The maximum absolute atomic E-state index is 12.3. The number of hydrogen-bond donors (Lipinski definition) is 2. The summed E-state index contributed by atoms with van der Waals surface area (Å²) < 4.78 is 41.4. The number of amides is 1. The van der Waals surface area contributed by atoms with Crippen LogP contribution in [-0.2, 0) is 4.79 Å². The molecule has 156 valence electrons. The number of ether oxygens (including phenoxy) is 1. The number of carbonyl (C=O) groups is 2. The van der Waals surface area contributed by atoms with Gasteiger partial charge in [-0.25, -0.2) is 4.79 Å². The van der Waals surface area contributed by atoms with Gasteiger partial charge in [0.1, 0.15) is 10.8 Å². The summed E-state index contributed by atoms with van der Waals surface area (Å²) in [6, 6.07) is 13.5. The first-order valence-electron chi connectivity index (χ1n) is 8.40. The van der Waals surface area contributed by atoms with Crippen molar-refractivity contribution in [3.8, 4) is 16.9 Å². The molecule has 0 unspecified atom stereocenters. The Morgan fingerprint density at radius 3 is 2.33 bits per heavy atom. The number of halogens is 3. The van der Waals surface area contributed by atoms with Crippen LogP contribution in [-0.4, -0.2) is 23.3 Å².